The van der Waals surface area contributed by atoms with Gasteiger partial charge in [-0.2, -0.15) is 0 Å². The van der Waals surface area contributed by atoms with E-state index in [2.05, 4.69) is 13.8 Å². The molecule has 9 heteroatoms. The molecular weight excluding hydrogens is 741 g/mol. The van der Waals surface area contributed by atoms with Crippen molar-refractivity contribution < 1.29 is 24.5 Å². The molecule has 0 unspecified atom stereocenters. The van der Waals surface area contributed by atoms with Crippen LogP contribution in [0.25, 0.3) is 12.4 Å². The van der Waals surface area contributed by atoms with E-state index in [1.54, 1.807) is 12.4 Å². The predicted octanol–water partition coefficient (Wildman–Crippen LogP) is 14.3. The number of pyridine rings is 2. The van der Waals surface area contributed by atoms with Gasteiger partial charge in [-0.15, -0.1) is 0 Å². The number of nitrogens with zero attached hydrogens (tertiary/aromatic N) is 2. The molecule has 0 atom stereocenters. The Bertz CT molecular complexity index is 1550. The van der Waals surface area contributed by atoms with Crippen molar-refractivity contribution >= 4 is 24.0 Å². The molecule has 0 aromatic carbocycles. The van der Waals surface area contributed by atoms with Gasteiger partial charge in [0.2, 0.25) is 0 Å². The van der Waals surface area contributed by atoms with Gasteiger partial charge in [-0.05, 0) is 25.7 Å². The summed E-state index contributed by atoms with van der Waals surface area (Å²) in [7, 11) is 0. The largest absolute Gasteiger partial charge is 0.502 e. The third kappa shape index (κ3) is 20.8. The molecule has 0 fully saturated rings. The summed E-state index contributed by atoms with van der Waals surface area (Å²) in [4.78, 5) is 51.3. The fourth-order valence-corrected chi connectivity index (χ4v) is 7.68. The van der Waals surface area contributed by atoms with Crippen LogP contribution in [-0.4, -0.2) is 30.9 Å². The molecule has 59 heavy (non-hydrogen) atoms. The van der Waals surface area contributed by atoms with Crippen LogP contribution in [0.1, 0.15) is 241 Å². The average molecular weight is 821 g/mol. The molecular formula is C50H80N2O7. The van der Waals surface area contributed by atoms with E-state index in [0.717, 1.165) is 38.5 Å². The van der Waals surface area contributed by atoms with Crippen LogP contribution in [0.5, 0.6) is 23.0 Å². The van der Waals surface area contributed by atoms with Crippen LogP contribution in [0.3, 0.4) is 0 Å². The maximum atomic E-state index is 13.2. The summed E-state index contributed by atoms with van der Waals surface area (Å²) < 4.78 is 8.40. The molecule has 2 N–H and O–H groups in total. The quantitative estimate of drug-likeness (QED) is 0.0517. The number of ketones is 2. The molecule has 2 rings (SSSR count). The van der Waals surface area contributed by atoms with Crippen molar-refractivity contribution in [3.8, 4) is 23.0 Å². The Kier molecular flexibility index (Phi) is 27.8. The molecule has 0 aliphatic heterocycles. The van der Waals surface area contributed by atoms with Crippen molar-refractivity contribution in [3.05, 3.63) is 56.4 Å². The van der Waals surface area contributed by atoms with Crippen LogP contribution in [0, 0.1) is 0 Å². The van der Waals surface area contributed by atoms with Crippen molar-refractivity contribution in [2.24, 2.45) is 0 Å². The molecule has 9 nitrogen and oxygen atoms in total. The zero-order valence-corrected chi connectivity index (χ0v) is 37.5. The highest BCUT2D eigenvalue weighted by atomic mass is 16.5. The second-order valence-corrected chi connectivity index (χ2v) is 16.6. The summed E-state index contributed by atoms with van der Waals surface area (Å²) in [5.41, 5.74) is -2.33. The first kappa shape index (κ1) is 51.3. The summed E-state index contributed by atoms with van der Waals surface area (Å²) in [6, 6.07) is 0. The fraction of sp³-hybridized carbons (Fsp3) is 0.680. The molecule has 2 aromatic rings. The van der Waals surface area contributed by atoms with Crippen molar-refractivity contribution in [1.82, 2.24) is 9.13 Å². The van der Waals surface area contributed by atoms with Crippen molar-refractivity contribution in [3.63, 3.8) is 0 Å². The first-order valence-electron chi connectivity index (χ1n) is 23.6. The third-order valence-electron chi connectivity index (χ3n) is 11.2. The number of allylic oxidation sites excluding steroid dienone is 2. The van der Waals surface area contributed by atoms with Gasteiger partial charge in [0.1, 0.15) is 11.4 Å². The number of ether oxygens (including phenoxy) is 1. The summed E-state index contributed by atoms with van der Waals surface area (Å²) in [6.45, 7) is 7.03. The maximum Gasteiger partial charge on any atom is 0.266 e. The number of carbonyl (C=O) groups is 2. The number of rotatable bonds is 36. The fourth-order valence-electron chi connectivity index (χ4n) is 7.68. The lowest BCUT2D eigenvalue weighted by atomic mass is 10.0. The molecule has 2 aromatic heterocycles. The molecule has 0 radical (unpaired) electrons. The van der Waals surface area contributed by atoms with Gasteiger partial charge in [-0.25, -0.2) is 0 Å². The number of aromatic hydroxyl groups is 2. The predicted molar refractivity (Wildman–Crippen MR) is 245 cm³/mol. The molecule has 332 valence electrons. The van der Waals surface area contributed by atoms with Gasteiger partial charge in [0.15, 0.2) is 34.6 Å². The van der Waals surface area contributed by atoms with Gasteiger partial charge >= 0.3 is 0 Å². The highest BCUT2D eigenvalue weighted by Gasteiger charge is 2.23. The minimum absolute atomic E-state index is 0.196. The van der Waals surface area contributed by atoms with Crippen molar-refractivity contribution in [2.45, 2.75) is 220 Å². The highest BCUT2D eigenvalue weighted by molar-refractivity contribution is 5.96. The van der Waals surface area contributed by atoms with E-state index in [1.807, 2.05) is 12.2 Å². The Labute approximate surface area is 356 Å². The second-order valence-electron chi connectivity index (χ2n) is 16.6. The number of Topliss-reactive ketones (excluding diaryl/α,β-unsaturated/α-hetero) is 2. The van der Waals surface area contributed by atoms with Gasteiger partial charge in [0.25, 0.3) is 10.9 Å². The van der Waals surface area contributed by atoms with Crippen LogP contribution in [0.15, 0.2) is 34.1 Å². The smallest absolute Gasteiger partial charge is 0.266 e. The summed E-state index contributed by atoms with van der Waals surface area (Å²) in [5, 5.41) is 21.6. The Hall–Kier alpha value is -3.88. The molecule has 0 saturated carbocycles. The second kappa shape index (κ2) is 32.0. The number of hydrogen-bond donors (Lipinski definition) is 2. The molecule has 0 aliphatic rings. The maximum absolute atomic E-state index is 13.2. The summed E-state index contributed by atoms with van der Waals surface area (Å²) in [6.07, 6.45) is 46.6. The normalized spacial score (nSPS) is 11.7. The van der Waals surface area contributed by atoms with E-state index in [9.17, 15) is 29.4 Å². The van der Waals surface area contributed by atoms with E-state index in [4.69, 9.17) is 4.74 Å². The monoisotopic (exact) mass is 821 g/mol. The first-order chi connectivity index (χ1) is 28.6. The van der Waals surface area contributed by atoms with Crippen molar-refractivity contribution in [1.29, 1.82) is 0 Å². The van der Waals surface area contributed by atoms with Crippen LogP contribution in [0.4, 0.5) is 0 Å². The Morgan fingerprint density at radius 3 is 0.983 bits per heavy atom. The molecule has 0 saturated heterocycles. The minimum atomic E-state index is -0.971. The number of unbranched alkanes of at least 4 members (excludes halogenated alkanes) is 28. The standard InChI is InChI=1S/C50H80N2O7/c1-5-7-9-11-13-15-17-19-21-23-25-27-29-31-33-35-37-51-39-43(47(55)49(57)45(51)41(3)53)59-44-40-52(46(42(4)54)50(58)48(44)56)38-36-34-32-30-28-26-24-22-20-18-16-14-12-10-8-6-2/h35-40,57-58H,5-34H2,1-4H3. The van der Waals surface area contributed by atoms with E-state index < -0.39 is 45.4 Å². The minimum Gasteiger partial charge on any atom is -0.502 e. The van der Waals surface area contributed by atoms with Crippen LogP contribution in [0.2, 0.25) is 0 Å². The Morgan fingerprint density at radius 1 is 0.475 bits per heavy atom. The average Bonchev–Trinajstić information content (AvgIpc) is 3.20. The Morgan fingerprint density at radius 2 is 0.729 bits per heavy atom. The molecule has 2 heterocycles. The molecule has 0 bridgehead atoms. The molecule has 0 aliphatic carbocycles. The van der Waals surface area contributed by atoms with Gasteiger partial charge in [0.05, 0.1) is 12.4 Å². The van der Waals surface area contributed by atoms with Gasteiger partial charge in [-0.1, -0.05) is 193 Å². The van der Waals surface area contributed by atoms with E-state index >= 15 is 0 Å². The number of carbonyl (C=O) groups excluding carboxylic acids is 2. The van der Waals surface area contributed by atoms with E-state index in [0.29, 0.717) is 0 Å². The summed E-state index contributed by atoms with van der Waals surface area (Å²) in [5.74, 6) is -3.43. The van der Waals surface area contributed by atoms with E-state index in [1.165, 1.54) is 189 Å². The number of aromatic nitrogens is 2. The van der Waals surface area contributed by atoms with Crippen LogP contribution < -0.4 is 15.6 Å². The van der Waals surface area contributed by atoms with Crippen LogP contribution in [-0.2, 0) is 0 Å². The van der Waals surface area contributed by atoms with Gasteiger partial charge < -0.3 is 24.1 Å². The third-order valence-corrected chi connectivity index (χ3v) is 11.2. The molecule has 0 spiro atoms. The zero-order valence-electron chi connectivity index (χ0n) is 37.5. The zero-order chi connectivity index (χ0) is 43.1. The van der Waals surface area contributed by atoms with Crippen LogP contribution >= 0.6 is 0 Å². The lowest BCUT2D eigenvalue weighted by Gasteiger charge is -2.14. The topological polar surface area (TPSA) is 128 Å². The molecule has 0 amide bonds. The van der Waals surface area contributed by atoms with Gasteiger partial charge in [-0.3, -0.25) is 19.2 Å². The first-order valence-corrected chi connectivity index (χ1v) is 23.6. The highest BCUT2D eigenvalue weighted by Crippen LogP contribution is 2.26. The van der Waals surface area contributed by atoms with Crippen molar-refractivity contribution in [2.75, 3.05) is 0 Å². The summed E-state index contributed by atoms with van der Waals surface area (Å²) >= 11 is 0. The number of hydrogen-bond acceptors (Lipinski definition) is 7. The van der Waals surface area contributed by atoms with E-state index in [-0.39, 0.29) is 11.4 Å². The lowest BCUT2D eigenvalue weighted by Crippen LogP contribution is -2.19. The lowest BCUT2D eigenvalue weighted by molar-refractivity contribution is 0.0995. The van der Waals surface area contributed by atoms with Gasteiger partial charge in [0, 0.05) is 26.2 Å². The Balaban J connectivity index is 1.93. The SMILES string of the molecule is CCCCCCCCCCCCCCCCC=Cn1cc(Oc2cn(C=CCCCCCCCCCCCCCCCC)c(C(C)=O)c(O)c2=O)c(=O)c(O)c1C(C)=O.